The summed E-state index contributed by atoms with van der Waals surface area (Å²) in [5.41, 5.74) is 1.78. The Morgan fingerprint density at radius 2 is 2.25 bits per heavy atom. The van der Waals surface area contributed by atoms with Gasteiger partial charge in [0.15, 0.2) is 5.17 Å². The van der Waals surface area contributed by atoms with E-state index in [4.69, 9.17) is 0 Å². The molecule has 0 radical (unpaired) electrons. The number of hydrogen-bond donors (Lipinski definition) is 0. The molecule has 0 atom stereocenters. The third kappa shape index (κ3) is 3.51. The molecule has 4 nitrogen and oxygen atoms in total. The van der Waals surface area contributed by atoms with Crippen molar-refractivity contribution in [3.05, 3.63) is 54.8 Å². The van der Waals surface area contributed by atoms with Gasteiger partial charge < -0.3 is 9.64 Å². The second-order valence-electron chi connectivity index (χ2n) is 4.08. The molecule has 20 heavy (non-hydrogen) atoms. The Hall–Kier alpha value is -2.01. The van der Waals surface area contributed by atoms with Crippen LogP contribution in [0.1, 0.15) is 0 Å². The standard InChI is InChI=1S/C15H16N2O2S/c1-3-9-17-13(10-14(18)19-2)11-20-15(17)16-12-7-5-4-6-8-12/h3-8,10H,1,9,11H2,2H3/b13-10+,16-15?. The minimum Gasteiger partial charge on any atom is -0.466 e. The SMILES string of the molecule is C=CCN1C(=Nc2ccccc2)SC/C1=C\C(=O)OC. The van der Waals surface area contributed by atoms with E-state index in [2.05, 4.69) is 16.3 Å². The summed E-state index contributed by atoms with van der Waals surface area (Å²) in [6.45, 7) is 4.36. The summed E-state index contributed by atoms with van der Waals surface area (Å²) < 4.78 is 4.68. The molecular formula is C15H16N2O2S. The van der Waals surface area contributed by atoms with Gasteiger partial charge in [-0.25, -0.2) is 9.79 Å². The molecular weight excluding hydrogens is 272 g/mol. The number of methoxy groups -OCH3 is 1. The van der Waals surface area contributed by atoms with Crippen LogP contribution in [-0.4, -0.2) is 35.4 Å². The van der Waals surface area contributed by atoms with E-state index in [1.54, 1.807) is 17.8 Å². The Kier molecular flexibility index (Phi) is 5.01. The molecule has 1 saturated heterocycles. The molecule has 0 spiro atoms. The third-order valence-electron chi connectivity index (χ3n) is 2.71. The van der Waals surface area contributed by atoms with Crippen LogP contribution in [0.4, 0.5) is 5.69 Å². The quantitative estimate of drug-likeness (QED) is 0.485. The van der Waals surface area contributed by atoms with Gasteiger partial charge in [0.2, 0.25) is 0 Å². The van der Waals surface area contributed by atoms with E-state index < -0.39 is 0 Å². The van der Waals surface area contributed by atoms with Crippen LogP contribution in [0.2, 0.25) is 0 Å². The first-order chi connectivity index (χ1) is 9.74. The number of aliphatic imine (C=N–C) groups is 1. The number of nitrogens with zero attached hydrogens (tertiary/aromatic N) is 2. The molecule has 1 aromatic rings. The van der Waals surface area contributed by atoms with Crippen molar-refractivity contribution in [2.45, 2.75) is 0 Å². The zero-order valence-corrected chi connectivity index (χ0v) is 12.1. The molecule has 1 aromatic carbocycles. The van der Waals surface area contributed by atoms with Gasteiger partial charge in [-0.2, -0.15) is 0 Å². The smallest absolute Gasteiger partial charge is 0.332 e. The lowest BCUT2D eigenvalue weighted by Crippen LogP contribution is -2.23. The maximum absolute atomic E-state index is 11.4. The van der Waals surface area contributed by atoms with Gasteiger partial charge in [-0.3, -0.25) is 0 Å². The lowest BCUT2D eigenvalue weighted by molar-refractivity contribution is -0.134. The highest BCUT2D eigenvalue weighted by Crippen LogP contribution is 2.29. The minimum atomic E-state index is -0.351. The summed E-state index contributed by atoms with van der Waals surface area (Å²) in [7, 11) is 1.37. The highest BCUT2D eigenvalue weighted by atomic mass is 32.2. The fourth-order valence-corrected chi connectivity index (χ4v) is 2.80. The van der Waals surface area contributed by atoms with Crippen molar-refractivity contribution in [3.8, 4) is 0 Å². The highest BCUT2D eigenvalue weighted by molar-refractivity contribution is 8.14. The van der Waals surface area contributed by atoms with Crippen LogP contribution < -0.4 is 0 Å². The molecule has 1 aliphatic rings. The number of amidine groups is 1. The molecule has 0 saturated carbocycles. The van der Waals surface area contributed by atoms with Gasteiger partial charge in [-0.15, -0.1) is 6.58 Å². The first-order valence-electron chi connectivity index (χ1n) is 6.18. The van der Waals surface area contributed by atoms with Crippen molar-refractivity contribution in [1.29, 1.82) is 0 Å². The number of para-hydroxylation sites is 1. The third-order valence-corrected chi connectivity index (χ3v) is 3.71. The normalized spacial score (nSPS) is 18.6. The Labute approximate surface area is 122 Å². The predicted molar refractivity (Wildman–Crippen MR) is 83.0 cm³/mol. The molecule has 1 aliphatic heterocycles. The molecule has 1 fully saturated rings. The van der Waals surface area contributed by atoms with Crippen molar-refractivity contribution < 1.29 is 9.53 Å². The number of thioether (sulfide) groups is 1. The van der Waals surface area contributed by atoms with Gasteiger partial charge in [0.25, 0.3) is 0 Å². The van der Waals surface area contributed by atoms with Gasteiger partial charge in [0.05, 0.1) is 12.8 Å². The summed E-state index contributed by atoms with van der Waals surface area (Å²) in [6.07, 6.45) is 3.29. The Morgan fingerprint density at radius 3 is 2.90 bits per heavy atom. The second-order valence-corrected chi connectivity index (χ2v) is 5.02. The lowest BCUT2D eigenvalue weighted by Gasteiger charge is -2.17. The average molecular weight is 288 g/mol. The Balaban J connectivity index is 2.26. The number of ether oxygens (including phenoxy) is 1. The van der Waals surface area contributed by atoms with Crippen LogP contribution in [0.25, 0.3) is 0 Å². The number of carbonyl (C=O) groups excluding carboxylic acids is 1. The van der Waals surface area contributed by atoms with Crippen LogP contribution in [0, 0.1) is 0 Å². The van der Waals surface area contributed by atoms with Gasteiger partial charge in [0.1, 0.15) is 0 Å². The molecule has 5 heteroatoms. The molecule has 0 bridgehead atoms. The molecule has 2 rings (SSSR count). The molecule has 0 amide bonds. The average Bonchev–Trinajstić information content (AvgIpc) is 2.83. The second kappa shape index (κ2) is 6.96. The van der Waals surface area contributed by atoms with E-state index in [1.807, 2.05) is 35.2 Å². The van der Waals surface area contributed by atoms with E-state index in [1.165, 1.54) is 13.2 Å². The van der Waals surface area contributed by atoms with Gasteiger partial charge >= 0.3 is 5.97 Å². The zero-order chi connectivity index (χ0) is 14.4. The topological polar surface area (TPSA) is 41.9 Å². The van der Waals surface area contributed by atoms with Crippen LogP contribution in [0.3, 0.4) is 0 Å². The van der Waals surface area contributed by atoms with Crippen LogP contribution in [0.5, 0.6) is 0 Å². The van der Waals surface area contributed by atoms with Crippen molar-refractivity contribution >= 4 is 28.6 Å². The van der Waals surface area contributed by atoms with Crippen LogP contribution in [-0.2, 0) is 9.53 Å². The minimum absolute atomic E-state index is 0.351. The number of benzene rings is 1. The maximum atomic E-state index is 11.4. The number of hydrogen-bond acceptors (Lipinski definition) is 4. The molecule has 0 aromatic heterocycles. The van der Waals surface area contributed by atoms with Crippen molar-refractivity contribution in [2.24, 2.45) is 4.99 Å². The van der Waals surface area contributed by atoms with E-state index in [0.717, 1.165) is 16.6 Å². The first-order valence-corrected chi connectivity index (χ1v) is 7.16. The number of rotatable bonds is 4. The van der Waals surface area contributed by atoms with Gasteiger partial charge in [-0.1, -0.05) is 36.0 Å². The lowest BCUT2D eigenvalue weighted by atomic mass is 10.3. The summed E-state index contributed by atoms with van der Waals surface area (Å²) in [6, 6.07) is 9.74. The van der Waals surface area contributed by atoms with Crippen molar-refractivity contribution in [2.75, 3.05) is 19.4 Å². The van der Waals surface area contributed by atoms with E-state index in [9.17, 15) is 4.79 Å². The number of carbonyl (C=O) groups is 1. The molecule has 1 heterocycles. The molecule has 104 valence electrons. The van der Waals surface area contributed by atoms with Crippen molar-refractivity contribution in [3.63, 3.8) is 0 Å². The molecule has 0 unspecified atom stereocenters. The fourth-order valence-electron chi connectivity index (χ4n) is 1.76. The fraction of sp³-hybridized carbons (Fsp3) is 0.200. The van der Waals surface area contributed by atoms with Gasteiger partial charge in [-0.05, 0) is 12.1 Å². The van der Waals surface area contributed by atoms with Gasteiger partial charge in [0, 0.05) is 24.1 Å². The molecule has 0 N–H and O–H groups in total. The van der Waals surface area contributed by atoms with E-state index in [0.29, 0.717) is 12.3 Å². The van der Waals surface area contributed by atoms with E-state index >= 15 is 0 Å². The largest absolute Gasteiger partial charge is 0.466 e. The van der Waals surface area contributed by atoms with Crippen molar-refractivity contribution in [1.82, 2.24) is 4.90 Å². The van der Waals surface area contributed by atoms with Crippen LogP contribution in [0.15, 0.2) is 59.8 Å². The Bertz CT molecular complexity index is 552. The van der Waals surface area contributed by atoms with Crippen LogP contribution >= 0.6 is 11.8 Å². The monoisotopic (exact) mass is 288 g/mol. The summed E-state index contributed by atoms with van der Waals surface area (Å²) in [5.74, 6) is 0.352. The molecule has 0 aliphatic carbocycles. The Morgan fingerprint density at radius 1 is 1.50 bits per heavy atom. The number of esters is 1. The summed E-state index contributed by atoms with van der Waals surface area (Å²) in [5, 5.41) is 0.867. The predicted octanol–water partition coefficient (Wildman–Crippen LogP) is 2.97. The maximum Gasteiger partial charge on any atom is 0.332 e. The van der Waals surface area contributed by atoms with E-state index in [-0.39, 0.29) is 5.97 Å². The summed E-state index contributed by atoms with van der Waals surface area (Å²) in [4.78, 5) is 18.0. The highest BCUT2D eigenvalue weighted by Gasteiger charge is 2.24. The zero-order valence-electron chi connectivity index (χ0n) is 11.3. The summed E-state index contributed by atoms with van der Waals surface area (Å²) >= 11 is 1.60. The first kappa shape index (κ1) is 14.4.